The number of carbonyl (C=O) groups is 1. The van der Waals surface area contributed by atoms with Gasteiger partial charge < -0.3 is 20.8 Å². The molecule has 20 heavy (non-hydrogen) atoms. The molecule has 0 atom stereocenters. The number of aromatic nitrogens is 3. The molecule has 0 bridgehead atoms. The number of thiazole rings is 1. The Kier molecular flexibility index (Phi) is 4.66. The van der Waals surface area contributed by atoms with Crippen LogP contribution in [-0.2, 0) is 11.3 Å². The third-order valence-corrected chi connectivity index (χ3v) is 3.19. The molecule has 0 saturated heterocycles. The summed E-state index contributed by atoms with van der Waals surface area (Å²) in [5.74, 6) is -0.483. The lowest BCUT2D eigenvalue weighted by Gasteiger charge is -2.05. The Morgan fingerprint density at radius 2 is 2.45 bits per heavy atom. The molecule has 1 amide bonds. The zero-order chi connectivity index (χ0) is 14.4. The Morgan fingerprint density at radius 3 is 3.05 bits per heavy atom. The van der Waals surface area contributed by atoms with Gasteiger partial charge in [-0.2, -0.15) is 0 Å². The number of carbonyl (C=O) groups excluding carboxylic acids is 1. The fourth-order valence-corrected chi connectivity index (χ4v) is 2.12. The summed E-state index contributed by atoms with van der Waals surface area (Å²) in [7, 11) is 0. The Hall–Kier alpha value is -2.42. The maximum Gasteiger partial charge on any atom is 0.275 e. The number of aryl methyl sites for hydroxylation is 1. The van der Waals surface area contributed by atoms with Crippen molar-refractivity contribution in [3.63, 3.8) is 0 Å². The van der Waals surface area contributed by atoms with E-state index in [2.05, 4.69) is 20.4 Å². The molecule has 2 aromatic heterocycles. The fourth-order valence-electron chi connectivity index (χ4n) is 1.58. The predicted octanol–water partition coefficient (Wildman–Crippen LogP) is 0.307. The molecular weight excluding hydrogens is 280 g/mol. The Morgan fingerprint density at radius 1 is 1.60 bits per heavy atom. The summed E-state index contributed by atoms with van der Waals surface area (Å²) >= 11 is 1.18. The molecule has 2 rings (SSSR count). The molecule has 2 heterocycles. The fraction of sp³-hybridized carbons (Fsp3) is 0.273. The normalized spacial score (nSPS) is 11.5. The van der Waals surface area contributed by atoms with Crippen molar-refractivity contribution in [3.05, 3.63) is 29.8 Å². The molecule has 0 radical (unpaired) electrons. The van der Waals surface area contributed by atoms with E-state index >= 15 is 0 Å². The molecule has 0 unspecified atom stereocenters. The van der Waals surface area contributed by atoms with Crippen molar-refractivity contribution in [2.75, 3.05) is 12.3 Å². The van der Waals surface area contributed by atoms with E-state index in [1.54, 1.807) is 17.9 Å². The third-order valence-electron chi connectivity index (χ3n) is 2.52. The SMILES string of the molecule is Nc1nc(/C(=N\O)C(=O)NCCCn2ccnc2)cs1. The summed E-state index contributed by atoms with van der Waals surface area (Å²) in [5, 5.41) is 16.4. The van der Waals surface area contributed by atoms with Gasteiger partial charge in [-0.25, -0.2) is 9.97 Å². The van der Waals surface area contributed by atoms with Gasteiger partial charge in [0.15, 0.2) is 10.8 Å². The molecule has 4 N–H and O–H groups in total. The Labute approximate surface area is 119 Å². The van der Waals surface area contributed by atoms with E-state index in [-0.39, 0.29) is 11.4 Å². The molecule has 0 aliphatic heterocycles. The molecule has 0 aliphatic rings. The third kappa shape index (κ3) is 3.54. The minimum absolute atomic E-state index is 0.138. The highest BCUT2D eigenvalue weighted by molar-refractivity contribution is 7.13. The number of hydrogen-bond donors (Lipinski definition) is 3. The van der Waals surface area contributed by atoms with E-state index in [1.807, 2.05) is 10.8 Å². The minimum Gasteiger partial charge on any atom is -0.410 e. The van der Waals surface area contributed by atoms with E-state index in [0.29, 0.717) is 11.7 Å². The molecule has 0 fully saturated rings. The van der Waals surface area contributed by atoms with Crippen LogP contribution in [0, 0.1) is 0 Å². The zero-order valence-corrected chi connectivity index (χ0v) is 11.4. The molecule has 0 aromatic carbocycles. The largest absolute Gasteiger partial charge is 0.410 e. The van der Waals surface area contributed by atoms with Crippen LogP contribution in [0.4, 0.5) is 5.13 Å². The molecule has 0 spiro atoms. The molecule has 0 aliphatic carbocycles. The topological polar surface area (TPSA) is 118 Å². The maximum atomic E-state index is 11.8. The number of amides is 1. The van der Waals surface area contributed by atoms with Crippen LogP contribution in [0.25, 0.3) is 0 Å². The first-order valence-corrected chi connectivity index (χ1v) is 6.76. The Balaban J connectivity index is 1.81. The number of nitrogens with one attached hydrogen (secondary N) is 1. The summed E-state index contributed by atoms with van der Waals surface area (Å²) < 4.78 is 1.91. The highest BCUT2D eigenvalue weighted by Gasteiger charge is 2.17. The van der Waals surface area contributed by atoms with Crippen LogP contribution in [0.2, 0.25) is 0 Å². The van der Waals surface area contributed by atoms with Crippen LogP contribution in [0.15, 0.2) is 29.3 Å². The average Bonchev–Trinajstić information content (AvgIpc) is 3.07. The molecule has 8 nitrogen and oxygen atoms in total. The summed E-state index contributed by atoms with van der Waals surface area (Å²) in [5.41, 5.74) is 5.60. The van der Waals surface area contributed by atoms with Crippen LogP contribution < -0.4 is 11.1 Å². The lowest BCUT2D eigenvalue weighted by atomic mass is 10.2. The van der Waals surface area contributed by atoms with Gasteiger partial charge in [0.2, 0.25) is 0 Å². The first-order chi connectivity index (χ1) is 9.70. The predicted molar refractivity (Wildman–Crippen MR) is 74.7 cm³/mol. The highest BCUT2D eigenvalue weighted by Crippen LogP contribution is 2.11. The van der Waals surface area contributed by atoms with Crippen LogP contribution >= 0.6 is 11.3 Å². The van der Waals surface area contributed by atoms with E-state index < -0.39 is 5.91 Å². The van der Waals surface area contributed by atoms with Crippen molar-refractivity contribution in [3.8, 4) is 0 Å². The second-order valence-corrected chi connectivity index (χ2v) is 4.82. The van der Waals surface area contributed by atoms with E-state index in [4.69, 9.17) is 10.9 Å². The Bertz CT molecular complexity index is 592. The van der Waals surface area contributed by atoms with Crippen LogP contribution in [0.3, 0.4) is 0 Å². The highest BCUT2D eigenvalue weighted by atomic mass is 32.1. The monoisotopic (exact) mass is 294 g/mol. The number of imidazole rings is 1. The summed E-state index contributed by atoms with van der Waals surface area (Å²) in [4.78, 5) is 19.7. The molecule has 2 aromatic rings. The van der Waals surface area contributed by atoms with Crippen molar-refractivity contribution >= 4 is 28.1 Å². The van der Waals surface area contributed by atoms with Crippen LogP contribution in [0.5, 0.6) is 0 Å². The second kappa shape index (κ2) is 6.66. The number of nitrogen functional groups attached to an aromatic ring is 1. The maximum absolute atomic E-state index is 11.8. The van der Waals surface area contributed by atoms with Gasteiger partial charge in [0.1, 0.15) is 5.69 Å². The molecule has 106 valence electrons. The summed E-state index contributed by atoms with van der Waals surface area (Å²) in [6.07, 6.45) is 5.99. The van der Waals surface area contributed by atoms with Gasteiger partial charge in [0.25, 0.3) is 5.91 Å². The summed E-state index contributed by atoms with van der Waals surface area (Å²) in [6, 6.07) is 0. The number of anilines is 1. The van der Waals surface area contributed by atoms with Crippen molar-refractivity contribution in [2.24, 2.45) is 5.16 Å². The van der Waals surface area contributed by atoms with Crippen LogP contribution in [-0.4, -0.2) is 37.9 Å². The molecule has 0 saturated carbocycles. The first-order valence-electron chi connectivity index (χ1n) is 5.88. The minimum atomic E-state index is -0.483. The molecule has 9 heteroatoms. The second-order valence-electron chi connectivity index (χ2n) is 3.93. The molecular formula is C11H14N6O2S. The summed E-state index contributed by atoms with van der Waals surface area (Å²) in [6.45, 7) is 1.20. The lowest BCUT2D eigenvalue weighted by Crippen LogP contribution is -2.33. The lowest BCUT2D eigenvalue weighted by molar-refractivity contribution is -0.114. The number of oxime groups is 1. The van der Waals surface area contributed by atoms with Gasteiger partial charge >= 0.3 is 0 Å². The number of nitrogens with two attached hydrogens (primary N) is 1. The van der Waals surface area contributed by atoms with E-state index in [1.165, 1.54) is 11.3 Å². The van der Waals surface area contributed by atoms with Crippen molar-refractivity contribution in [2.45, 2.75) is 13.0 Å². The van der Waals surface area contributed by atoms with Gasteiger partial charge in [-0.15, -0.1) is 11.3 Å². The number of nitrogens with zero attached hydrogens (tertiary/aromatic N) is 4. The van der Waals surface area contributed by atoms with Crippen molar-refractivity contribution in [1.82, 2.24) is 19.9 Å². The standard InChI is InChI=1S/C11H14N6O2S/c12-11-15-8(6-20-11)9(16-19)10(18)14-2-1-4-17-5-3-13-7-17/h3,5-7,19H,1-2,4H2,(H2,12,15)(H,14,18)/b16-9+. The quantitative estimate of drug-likeness (QED) is 0.306. The van der Waals surface area contributed by atoms with Crippen molar-refractivity contribution < 1.29 is 10.0 Å². The van der Waals surface area contributed by atoms with Gasteiger partial charge in [0, 0.05) is 30.9 Å². The van der Waals surface area contributed by atoms with Gasteiger partial charge in [0.05, 0.1) is 6.33 Å². The number of hydrogen-bond acceptors (Lipinski definition) is 7. The first kappa shape index (κ1) is 14.0. The van der Waals surface area contributed by atoms with Gasteiger partial charge in [-0.1, -0.05) is 5.16 Å². The van der Waals surface area contributed by atoms with E-state index in [0.717, 1.165) is 13.0 Å². The van der Waals surface area contributed by atoms with Crippen molar-refractivity contribution in [1.29, 1.82) is 0 Å². The number of rotatable bonds is 6. The smallest absolute Gasteiger partial charge is 0.275 e. The van der Waals surface area contributed by atoms with E-state index in [9.17, 15) is 4.79 Å². The van der Waals surface area contributed by atoms with Gasteiger partial charge in [-0.05, 0) is 6.42 Å². The zero-order valence-electron chi connectivity index (χ0n) is 10.6. The average molecular weight is 294 g/mol. The van der Waals surface area contributed by atoms with Crippen LogP contribution in [0.1, 0.15) is 12.1 Å². The van der Waals surface area contributed by atoms with Gasteiger partial charge in [-0.3, -0.25) is 4.79 Å².